The molecule has 0 N–H and O–H groups in total. The Labute approximate surface area is 124 Å². The SMILES string of the molecule is Clc1cccc(-c2cc(Br)ccc2Br)c1Br. The van der Waals surface area contributed by atoms with Crippen molar-refractivity contribution >= 4 is 59.4 Å². The molecular weight excluding hydrogens is 419 g/mol. The zero-order chi connectivity index (χ0) is 11.7. The van der Waals surface area contributed by atoms with E-state index in [4.69, 9.17) is 11.6 Å². The first kappa shape index (κ1) is 12.6. The van der Waals surface area contributed by atoms with Crippen molar-refractivity contribution < 1.29 is 0 Å². The number of hydrogen-bond donors (Lipinski definition) is 0. The second kappa shape index (κ2) is 5.21. The minimum absolute atomic E-state index is 0.712. The molecule has 0 aliphatic heterocycles. The molecule has 0 bridgehead atoms. The summed E-state index contributed by atoms with van der Waals surface area (Å²) in [7, 11) is 0. The third kappa shape index (κ3) is 2.53. The van der Waals surface area contributed by atoms with Crippen LogP contribution >= 0.6 is 59.4 Å². The maximum Gasteiger partial charge on any atom is 0.0554 e. The number of rotatable bonds is 1. The first-order valence-electron chi connectivity index (χ1n) is 4.49. The molecule has 16 heavy (non-hydrogen) atoms. The van der Waals surface area contributed by atoms with Crippen molar-refractivity contribution in [3.63, 3.8) is 0 Å². The van der Waals surface area contributed by atoms with Crippen LogP contribution in [0.15, 0.2) is 49.8 Å². The largest absolute Gasteiger partial charge is 0.0831 e. The van der Waals surface area contributed by atoms with E-state index >= 15 is 0 Å². The third-order valence-corrected chi connectivity index (χ3v) is 4.75. The van der Waals surface area contributed by atoms with E-state index in [-0.39, 0.29) is 0 Å². The van der Waals surface area contributed by atoms with Crippen molar-refractivity contribution in [2.45, 2.75) is 0 Å². The molecular formula is C12H6Br3Cl. The average Bonchev–Trinajstić information content (AvgIpc) is 2.26. The number of benzene rings is 2. The summed E-state index contributed by atoms with van der Waals surface area (Å²) < 4.78 is 2.99. The maximum atomic E-state index is 6.08. The summed E-state index contributed by atoms with van der Waals surface area (Å²) in [5.41, 5.74) is 2.17. The van der Waals surface area contributed by atoms with Crippen LogP contribution in [-0.4, -0.2) is 0 Å². The monoisotopic (exact) mass is 422 g/mol. The lowest BCUT2D eigenvalue weighted by Crippen LogP contribution is -1.83. The molecule has 0 fully saturated rings. The summed E-state index contributed by atoms with van der Waals surface area (Å²) in [4.78, 5) is 0. The van der Waals surface area contributed by atoms with Crippen molar-refractivity contribution in [1.29, 1.82) is 0 Å². The lowest BCUT2D eigenvalue weighted by molar-refractivity contribution is 1.53. The van der Waals surface area contributed by atoms with E-state index in [1.54, 1.807) is 0 Å². The standard InChI is InChI=1S/C12H6Br3Cl/c13-7-4-5-10(14)9(6-7)8-2-1-3-11(16)12(8)15/h1-6H. The molecule has 82 valence electrons. The summed E-state index contributed by atoms with van der Waals surface area (Å²) in [6.07, 6.45) is 0. The molecule has 0 radical (unpaired) electrons. The second-order valence-corrected chi connectivity index (χ2v) is 6.20. The highest BCUT2D eigenvalue weighted by Crippen LogP contribution is 2.38. The molecule has 0 saturated heterocycles. The predicted molar refractivity (Wildman–Crippen MR) is 80.0 cm³/mol. The minimum atomic E-state index is 0.712. The van der Waals surface area contributed by atoms with Crippen LogP contribution in [0.2, 0.25) is 5.02 Å². The topological polar surface area (TPSA) is 0 Å². The Kier molecular flexibility index (Phi) is 4.11. The second-order valence-electron chi connectivity index (χ2n) is 3.23. The number of halogens is 4. The molecule has 2 aromatic rings. The highest BCUT2D eigenvalue weighted by Gasteiger charge is 2.09. The predicted octanol–water partition coefficient (Wildman–Crippen LogP) is 6.29. The fourth-order valence-corrected chi connectivity index (χ4v) is 2.89. The lowest BCUT2D eigenvalue weighted by atomic mass is 10.1. The quantitative estimate of drug-likeness (QED) is 0.504. The van der Waals surface area contributed by atoms with Gasteiger partial charge in [0.05, 0.1) is 5.02 Å². The van der Waals surface area contributed by atoms with E-state index < -0.39 is 0 Å². The fraction of sp³-hybridized carbons (Fsp3) is 0. The van der Waals surface area contributed by atoms with E-state index in [1.807, 2.05) is 30.3 Å². The summed E-state index contributed by atoms with van der Waals surface area (Å²) in [5, 5.41) is 0.712. The van der Waals surface area contributed by atoms with Crippen LogP contribution in [0.4, 0.5) is 0 Å². The molecule has 0 amide bonds. The molecule has 2 rings (SSSR count). The van der Waals surface area contributed by atoms with Crippen LogP contribution in [-0.2, 0) is 0 Å². The van der Waals surface area contributed by atoms with Crippen molar-refractivity contribution in [3.05, 3.63) is 54.8 Å². The maximum absolute atomic E-state index is 6.08. The summed E-state index contributed by atoms with van der Waals surface area (Å²) >= 11 is 16.6. The molecule has 4 heteroatoms. The van der Waals surface area contributed by atoms with Crippen LogP contribution in [0, 0.1) is 0 Å². The van der Waals surface area contributed by atoms with Gasteiger partial charge in [0.1, 0.15) is 0 Å². The van der Waals surface area contributed by atoms with Gasteiger partial charge in [-0.3, -0.25) is 0 Å². The summed E-state index contributed by atoms with van der Waals surface area (Å²) in [6.45, 7) is 0. The Morgan fingerprint density at radius 3 is 2.38 bits per heavy atom. The van der Waals surface area contributed by atoms with E-state index in [9.17, 15) is 0 Å². The Morgan fingerprint density at radius 1 is 0.875 bits per heavy atom. The van der Waals surface area contributed by atoms with Crippen molar-refractivity contribution in [3.8, 4) is 11.1 Å². The van der Waals surface area contributed by atoms with E-state index in [2.05, 4.69) is 53.9 Å². The van der Waals surface area contributed by atoms with Gasteiger partial charge in [-0.1, -0.05) is 55.6 Å². The Bertz CT molecular complexity index is 538. The van der Waals surface area contributed by atoms with Gasteiger partial charge in [-0.15, -0.1) is 0 Å². The van der Waals surface area contributed by atoms with Gasteiger partial charge in [0.15, 0.2) is 0 Å². The van der Waals surface area contributed by atoms with Gasteiger partial charge in [-0.05, 0) is 51.3 Å². The average molecular weight is 425 g/mol. The zero-order valence-electron chi connectivity index (χ0n) is 7.98. The van der Waals surface area contributed by atoms with Crippen LogP contribution < -0.4 is 0 Å². The highest BCUT2D eigenvalue weighted by molar-refractivity contribution is 9.11. The Hall–Kier alpha value is 0.170. The molecule has 2 aromatic carbocycles. The highest BCUT2D eigenvalue weighted by atomic mass is 79.9. The van der Waals surface area contributed by atoms with Crippen LogP contribution in [0.5, 0.6) is 0 Å². The molecule has 0 aliphatic rings. The van der Waals surface area contributed by atoms with Gasteiger partial charge < -0.3 is 0 Å². The van der Waals surface area contributed by atoms with Gasteiger partial charge in [0.2, 0.25) is 0 Å². The van der Waals surface area contributed by atoms with Crippen molar-refractivity contribution in [2.24, 2.45) is 0 Å². The first-order valence-corrected chi connectivity index (χ1v) is 7.24. The van der Waals surface area contributed by atoms with Crippen LogP contribution in [0.25, 0.3) is 11.1 Å². The van der Waals surface area contributed by atoms with Crippen LogP contribution in [0.1, 0.15) is 0 Å². The summed E-state index contributed by atoms with van der Waals surface area (Å²) in [6, 6.07) is 11.9. The summed E-state index contributed by atoms with van der Waals surface area (Å²) in [5.74, 6) is 0. The zero-order valence-corrected chi connectivity index (χ0v) is 13.5. The third-order valence-electron chi connectivity index (χ3n) is 2.17. The fourth-order valence-electron chi connectivity index (χ4n) is 1.42. The van der Waals surface area contributed by atoms with Gasteiger partial charge in [-0.25, -0.2) is 0 Å². The molecule has 0 aromatic heterocycles. The Morgan fingerprint density at radius 2 is 1.62 bits per heavy atom. The first-order chi connectivity index (χ1) is 7.59. The van der Waals surface area contributed by atoms with Gasteiger partial charge in [0.25, 0.3) is 0 Å². The lowest BCUT2D eigenvalue weighted by Gasteiger charge is -2.09. The molecule has 0 unspecified atom stereocenters. The minimum Gasteiger partial charge on any atom is -0.0831 e. The smallest absolute Gasteiger partial charge is 0.0554 e. The number of hydrogen-bond acceptors (Lipinski definition) is 0. The molecule has 0 saturated carbocycles. The van der Waals surface area contributed by atoms with Gasteiger partial charge >= 0.3 is 0 Å². The molecule has 0 spiro atoms. The molecule has 0 aliphatic carbocycles. The van der Waals surface area contributed by atoms with Gasteiger partial charge in [-0.2, -0.15) is 0 Å². The van der Waals surface area contributed by atoms with E-state index in [0.717, 1.165) is 24.5 Å². The van der Waals surface area contributed by atoms with E-state index in [1.165, 1.54) is 0 Å². The van der Waals surface area contributed by atoms with E-state index in [0.29, 0.717) is 5.02 Å². The van der Waals surface area contributed by atoms with Gasteiger partial charge in [0, 0.05) is 13.4 Å². The Balaban J connectivity index is 2.67. The van der Waals surface area contributed by atoms with Crippen LogP contribution in [0.3, 0.4) is 0 Å². The molecule has 0 atom stereocenters. The molecule has 0 heterocycles. The van der Waals surface area contributed by atoms with Crippen molar-refractivity contribution in [1.82, 2.24) is 0 Å². The molecule has 0 nitrogen and oxygen atoms in total. The normalized spacial score (nSPS) is 10.5. The van der Waals surface area contributed by atoms with Crippen molar-refractivity contribution in [2.75, 3.05) is 0 Å².